The van der Waals surface area contributed by atoms with Crippen molar-refractivity contribution in [2.24, 2.45) is 5.10 Å². The van der Waals surface area contributed by atoms with E-state index in [-0.39, 0.29) is 16.9 Å². The molecule has 4 amide bonds. The number of amides is 4. The van der Waals surface area contributed by atoms with Crippen LogP contribution >= 0.6 is 0 Å². The van der Waals surface area contributed by atoms with Crippen molar-refractivity contribution in [3.8, 4) is 16.9 Å². The van der Waals surface area contributed by atoms with Gasteiger partial charge >= 0.3 is 17.8 Å². The molecule has 0 spiro atoms. The number of nitro benzene ring substituents is 1. The fourth-order valence-corrected chi connectivity index (χ4v) is 3.72. The van der Waals surface area contributed by atoms with Gasteiger partial charge in [-0.3, -0.25) is 19.7 Å². The summed E-state index contributed by atoms with van der Waals surface area (Å²) in [6, 6.07) is 19.3. The Balaban J connectivity index is 1.68. The Kier molecular flexibility index (Phi) is 5.49. The first-order valence-corrected chi connectivity index (χ1v) is 10.6. The second-order valence-electron chi connectivity index (χ2n) is 7.65. The van der Waals surface area contributed by atoms with Crippen molar-refractivity contribution in [1.29, 1.82) is 0 Å². The van der Waals surface area contributed by atoms with Crippen LogP contribution in [0.3, 0.4) is 0 Å². The van der Waals surface area contributed by atoms with Gasteiger partial charge in [0.05, 0.1) is 17.7 Å². The van der Waals surface area contributed by atoms with E-state index in [4.69, 9.17) is 9.15 Å². The number of nitro groups is 1. The lowest BCUT2D eigenvalue weighted by Gasteiger charge is -2.12. The standard InChI is InChI=1S/C25H16N4O7/c1-35-19-11-12-21-16(13-19)14-20(15-7-9-18(10-8-15)29(33)34)22(36-21)26-28-24(31)23(30)27(25(28)32)17-5-3-2-4-6-17/h2-14H,1H3/b26-22-. The van der Waals surface area contributed by atoms with Crippen molar-refractivity contribution < 1.29 is 28.5 Å². The number of carbonyl (C=O) groups excluding carboxylic acids is 3. The van der Waals surface area contributed by atoms with Gasteiger partial charge in [0.2, 0.25) is 5.55 Å². The van der Waals surface area contributed by atoms with Crippen molar-refractivity contribution in [3.05, 3.63) is 94.5 Å². The Morgan fingerprint density at radius 2 is 1.64 bits per heavy atom. The number of nitrogens with zero attached hydrogens (tertiary/aromatic N) is 4. The van der Waals surface area contributed by atoms with E-state index in [1.807, 2.05) is 0 Å². The summed E-state index contributed by atoms with van der Waals surface area (Å²) in [5.74, 6) is -1.65. The second-order valence-corrected chi connectivity index (χ2v) is 7.65. The summed E-state index contributed by atoms with van der Waals surface area (Å²) in [5.41, 5.74) is 1.12. The maximum absolute atomic E-state index is 13.0. The number of urea groups is 1. The Morgan fingerprint density at radius 1 is 0.917 bits per heavy atom. The molecule has 3 aromatic carbocycles. The van der Waals surface area contributed by atoms with Crippen LogP contribution in [0.5, 0.6) is 5.75 Å². The van der Waals surface area contributed by atoms with E-state index in [1.165, 1.54) is 43.5 Å². The minimum atomic E-state index is -1.15. The van der Waals surface area contributed by atoms with Crippen molar-refractivity contribution >= 4 is 40.2 Å². The SMILES string of the molecule is COc1ccc2o/c(=N\N3C(=O)C(=O)N(c4ccccc4)C3=O)c(-c3ccc([N+](=O)[O-])cc3)cc2c1. The number of methoxy groups -OCH3 is 1. The second kappa shape index (κ2) is 8.80. The van der Waals surface area contributed by atoms with Crippen LogP contribution in [0.2, 0.25) is 0 Å². The van der Waals surface area contributed by atoms with Crippen molar-refractivity contribution in [1.82, 2.24) is 5.01 Å². The summed E-state index contributed by atoms with van der Waals surface area (Å²) in [6.07, 6.45) is 0. The molecule has 1 aliphatic heterocycles. The summed E-state index contributed by atoms with van der Waals surface area (Å²) in [7, 11) is 1.51. The average Bonchev–Trinajstić information content (AvgIpc) is 3.11. The van der Waals surface area contributed by atoms with Gasteiger partial charge in [-0.05, 0) is 54.1 Å². The van der Waals surface area contributed by atoms with Crippen LogP contribution in [-0.2, 0) is 9.59 Å². The molecule has 4 aromatic rings. The minimum absolute atomic E-state index is 0.120. The number of fused-ring (bicyclic) bond motifs is 1. The van der Waals surface area contributed by atoms with E-state index in [0.717, 1.165) is 4.90 Å². The van der Waals surface area contributed by atoms with Crippen LogP contribution in [0.15, 0.2) is 88.4 Å². The average molecular weight is 484 g/mol. The summed E-state index contributed by atoms with van der Waals surface area (Å²) >= 11 is 0. The third-order valence-electron chi connectivity index (χ3n) is 5.50. The first kappa shape index (κ1) is 22.5. The van der Waals surface area contributed by atoms with Crippen LogP contribution in [0, 0.1) is 10.1 Å². The number of rotatable bonds is 5. The maximum atomic E-state index is 13.0. The number of imide groups is 2. The smallest absolute Gasteiger partial charge is 0.360 e. The van der Waals surface area contributed by atoms with Crippen LogP contribution in [-0.4, -0.2) is 34.9 Å². The minimum Gasteiger partial charge on any atom is -0.497 e. The third-order valence-corrected chi connectivity index (χ3v) is 5.50. The van der Waals surface area contributed by atoms with Gasteiger partial charge < -0.3 is 9.15 Å². The van der Waals surface area contributed by atoms with Crippen molar-refractivity contribution in [3.63, 3.8) is 0 Å². The van der Waals surface area contributed by atoms with E-state index in [2.05, 4.69) is 5.10 Å². The number of hydrogen-bond donors (Lipinski definition) is 0. The highest BCUT2D eigenvalue weighted by Crippen LogP contribution is 2.27. The van der Waals surface area contributed by atoms with Gasteiger partial charge in [-0.1, -0.05) is 18.2 Å². The largest absolute Gasteiger partial charge is 0.497 e. The zero-order chi connectivity index (χ0) is 25.4. The van der Waals surface area contributed by atoms with Gasteiger partial charge in [0.25, 0.3) is 5.69 Å². The van der Waals surface area contributed by atoms with Gasteiger partial charge in [0, 0.05) is 23.1 Å². The fourth-order valence-electron chi connectivity index (χ4n) is 3.72. The topological polar surface area (TPSA) is 136 Å². The zero-order valence-electron chi connectivity index (χ0n) is 18.7. The molecule has 0 bridgehead atoms. The number of non-ortho nitro benzene ring substituents is 1. The molecule has 0 aliphatic carbocycles. The highest BCUT2D eigenvalue weighted by Gasteiger charge is 2.46. The van der Waals surface area contributed by atoms with Gasteiger partial charge in [0.1, 0.15) is 11.3 Å². The third kappa shape index (κ3) is 3.84. The molecule has 0 N–H and O–H groups in total. The molecule has 0 unspecified atom stereocenters. The van der Waals surface area contributed by atoms with E-state index < -0.39 is 22.8 Å². The predicted octanol–water partition coefficient (Wildman–Crippen LogP) is 3.83. The molecule has 11 nitrogen and oxygen atoms in total. The number of carbonyl (C=O) groups is 3. The Labute approximate surface area is 202 Å². The van der Waals surface area contributed by atoms with E-state index >= 15 is 0 Å². The monoisotopic (exact) mass is 484 g/mol. The highest BCUT2D eigenvalue weighted by atomic mass is 16.6. The molecule has 36 heavy (non-hydrogen) atoms. The van der Waals surface area contributed by atoms with Gasteiger partial charge in [0.15, 0.2) is 0 Å². The number of para-hydroxylation sites is 1. The molecule has 0 saturated carbocycles. The molecular weight excluding hydrogens is 468 g/mol. The van der Waals surface area contributed by atoms with E-state index in [0.29, 0.717) is 32.9 Å². The van der Waals surface area contributed by atoms with Gasteiger partial charge in [-0.2, -0.15) is 0 Å². The van der Waals surface area contributed by atoms with Gasteiger partial charge in [-0.25, -0.2) is 9.69 Å². The predicted molar refractivity (Wildman–Crippen MR) is 127 cm³/mol. The fraction of sp³-hybridized carbons (Fsp3) is 0.0400. The number of benzene rings is 3. The molecule has 1 fully saturated rings. The molecule has 5 rings (SSSR count). The normalized spacial score (nSPS) is 14.1. The molecule has 1 aromatic heterocycles. The molecule has 0 radical (unpaired) electrons. The van der Waals surface area contributed by atoms with E-state index in [1.54, 1.807) is 42.5 Å². The first-order chi connectivity index (χ1) is 17.4. The molecule has 2 heterocycles. The lowest BCUT2D eigenvalue weighted by molar-refractivity contribution is -0.384. The van der Waals surface area contributed by atoms with Crippen molar-refractivity contribution in [2.75, 3.05) is 12.0 Å². The Morgan fingerprint density at radius 3 is 2.31 bits per heavy atom. The molecule has 11 heteroatoms. The van der Waals surface area contributed by atoms with Crippen LogP contribution in [0.4, 0.5) is 16.2 Å². The highest BCUT2D eigenvalue weighted by molar-refractivity contribution is 6.52. The Hall–Kier alpha value is -5.32. The molecule has 1 aliphatic rings. The molecular formula is C25H16N4O7. The summed E-state index contributed by atoms with van der Waals surface area (Å²) in [4.78, 5) is 49.6. The zero-order valence-corrected chi connectivity index (χ0v) is 18.7. The number of hydrogen-bond acceptors (Lipinski definition) is 8. The maximum Gasteiger partial charge on any atom is 0.360 e. The molecule has 1 saturated heterocycles. The summed E-state index contributed by atoms with van der Waals surface area (Å²) in [6.45, 7) is 0. The molecule has 0 atom stereocenters. The lowest BCUT2D eigenvalue weighted by atomic mass is 10.1. The van der Waals surface area contributed by atoms with Crippen LogP contribution in [0.1, 0.15) is 0 Å². The van der Waals surface area contributed by atoms with Crippen LogP contribution in [0.25, 0.3) is 22.1 Å². The lowest BCUT2D eigenvalue weighted by Crippen LogP contribution is -2.32. The quantitative estimate of drug-likeness (QED) is 0.182. The van der Waals surface area contributed by atoms with Gasteiger partial charge in [-0.15, -0.1) is 10.1 Å². The number of anilines is 1. The summed E-state index contributed by atoms with van der Waals surface area (Å²) in [5, 5.41) is 16.2. The number of ether oxygens (including phenoxy) is 1. The molecule has 178 valence electrons. The summed E-state index contributed by atoms with van der Waals surface area (Å²) < 4.78 is 11.2. The first-order valence-electron chi connectivity index (χ1n) is 10.6. The Bertz CT molecular complexity index is 1610. The van der Waals surface area contributed by atoms with Crippen molar-refractivity contribution in [2.45, 2.75) is 0 Å². The van der Waals surface area contributed by atoms with Crippen LogP contribution < -0.4 is 15.2 Å². The van der Waals surface area contributed by atoms with E-state index in [9.17, 15) is 24.5 Å².